The lowest BCUT2D eigenvalue weighted by Crippen LogP contribution is -2.53. The summed E-state index contributed by atoms with van der Waals surface area (Å²) in [5.41, 5.74) is 5.99. The van der Waals surface area contributed by atoms with E-state index in [1.807, 2.05) is 0 Å². The van der Waals surface area contributed by atoms with Crippen molar-refractivity contribution in [1.82, 2.24) is 0 Å². The van der Waals surface area contributed by atoms with Crippen molar-refractivity contribution in [2.24, 2.45) is 5.73 Å². The Kier molecular flexibility index (Phi) is 3.77. The first-order chi connectivity index (χ1) is 6.62. The molecule has 0 radical (unpaired) electrons. The number of Topliss-reactive ketones (excluding diaryl/α,β-unsaturated/α-hetero) is 1. The molecular weight excluding hydrogens is 233 g/mol. The summed E-state index contributed by atoms with van der Waals surface area (Å²) in [5, 5.41) is 0.640. The SMILES string of the molecule is Cl.NC1(C(=O)c2ccc(Cl)cc2)CCC1. The lowest BCUT2D eigenvalue weighted by Gasteiger charge is -2.36. The average Bonchev–Trinajstić information content (AvgIpc) is 2.14. The van der Waals surface area contributed by atoms with Crippen LogP contribution in [-0.2, 0) is 0 Å². The molecule has 1 fully saturated rings. The topological polar surface area (TPSA) is 43.1 Å². The van der Waals surface area contributed by atoms with E-state index in [2.05, 4.69) is 0 Å². The van der Waals surface area contributed by atoms with Crippen molar-refractivity contribution in [1.29, 1.82) is 0 Å². The summed E-state index contributed by atoms with van der Waals surface area (Å²) in [4.78, 5) is 11.9. The number of nitrogens with two attached hydrogens (primary N) is 1. The van der Waals surface area contributed by atoms with Gasteiger partial charge in [0.05, 0.1) is 5.54 Å². The van der Waals surface area contributed by atoms with E-state index in [-0.39, 0.29) is 18.2 Å². The van der Waals surface area contributed by atoms with Gasteiger partial charge in [0.2, 0.25) is 0 Å². The molecule has 4 heteroatoms. The average molecular weight is 246 g/mol. The van der Waals surface area contributed by atoms with Crippen LogP contribution < -0.4 is 5.73 Å². The van der Waals surface area contributed by atoms with Crippen LogP contribution in [-0.4, -0.2) is 11.3 Å². The maximum atomic E-state index is 11.9. The number of ketones is 1. The fourth-order valence-corrected chi connectivity index (χ4v) is 1.80. The Morgan fingerprint density at radius 1 is 1.27 bits per heavy atom. The lowest BCUT2D eigenvalue weighted by atomic mass is 9.73. The zero-order chi connectivity index (χ0) is 10.2. The van der Waals surface area contributed by atoms with E-state index in [9.17, 15) is 4.79 Å². The molecule has 15 heavy (non-hydrogen) atoms. The first-order valence-electron chi connectivity index (χ1n) is 4.71. The summed E-state index contributed by atoms with van der Waals surface area (Å²) in [5.74, 6) is 0.0421. The van der Waals surface area contributed by atoms with Gasteiger partial charge in [0.25, 0.3) is 0 Å². The van der Waals surface area contributed by atoms with Gasteiger partial charge >= 0.3 is 0 Å². The molecule has 1 saturated carbocycles. The molecule has 2 N–H and O–H groups in total. The molecule has 0 aliphatic heterocycles. The van der Waals surface area contributed by atoms with Crippen LogP contribution in [0.5, 0.6) is 0 Å². The second-order valence-corrected chi connectivity index (χ2v) is 4.28. The van der Waals surface area contributed by atoms with Crippen molar-refractivity contribution in [3.05, 3.63) is 34.9 Å². The van der Waals surface area contributed by atoms with Crippen LogP contribution in [0.25, 0.3) is 0 Å². The molecule has 0 amide bonds. The van der Waals surface area contributed by atoms with Gasteiger partial charge in [-0.3, -0.25) is 4.79 Å². The van der Waals surface area contributed by atoms with E-state index >= 15 is 0 Å². The second kappa shape index (κ2) is 4.52. The molecule has 1 aromatic carbocycles. The molecule has 0 heterocycles. The predicted molar refractivity (Wildman–Crippen MR) is 63.8 cm³/mol. The minimum atomic E-state index is -0.603. The van der Waals surface area contributed by atoms with Crippen LogP contribution in [0.3, 0.4) is 0 Å². The molecule has 0 aromatic heterocycles. The van der Waals surface area contributed by atoms with Gasteiger partial charge in [0, 0.05) is 10.6 Å². The normalized spacial score (nSPS) is 17.5. The van der Waals surface area contributed by atoms with Gasteiger partial charge in [-0.05, 0) is 43.5 Å². The van der Waals surface area contributed by atoms with Crippen LogP contribution in [0.4, 0.5) is 0 Å². The molecule has 0 saturated heterocycles. The summed E-state index contributed by atoms with van der Waals surface area (Å²) in [6.07, 6.45) is 2.65. The Labute approximate surface area is 100 Å². The van der Waals surface area contributed by atoms with Gasteiger partial charge in [-0.25, -0.2) is 0 Å². The molecule has 1 aliphatic carbocycles. The van der Waals surface area contributed by atoms with Crippen molar-refractivity contribution >= 4 is 29.8 Å². The quantitative estimate of drug-likeness (QED) is 0.815. The van der Waals surface area contributed by atoms with Gasteiger partial charge in [-0.1, -0.05) is 11.6 Å². The highest BCUT2D eigenvalue weighted by Crippen LogP contribution is 2.32. The third-order valence-corrected chi connectivity index (χ3v) is 3.06. The highest BCUT2D eigenvalue weighted by molar-refractivity contribution is 6.30. The first kappa shape index (κ1) is 12.5. The number of halogens is 2. The molecule has 0 unspecified atom stereocenters. The van der Waals surface area contributed by atoms with E-state index < -0.39 is 5.54 Å². The fourth-order valence-electron chi connectivity index (χ4n) is 1.67. The standard InChI is InChI=1S/C11H12ClNO.ClH/c12-9-4-2-8(3-5-9)10(14)11(13)6-1-7-11;/h2-5H,1,6-7,13H2;1H. The monoisotopic (exact) mass is 245 g/mol. The van der Waals surface area contributed by atoms with Crippen LogP contribution in [0, 0.1) is 0 Å². The smallest absolute Gasteiger partial charge is 0.182 e. The maximum Gasteiger partial charge on any atom is 0.182 e. The van der Waals surface area contributed by atoms with E-state index in [4.69, 9.17) is 17.3 Å². The minimum absolute atomic E-state index is 0. The molecule has 0 atom stereocenters. The number of benzene rings is 1. The lowest BCUT2D eigenvalue weighted by molar-refractivity contribution is 0.0801. The number of rotatable bonds is 2. The van der Waals surface area contributed by atoms with E-state index in [0.717, 1.165) is 19.3 Å². The van der Waals surface area contributed by atoms with Crippen LogP contribution in [0.2, 0.25) is 5.02 Å². The van der Waals surface area contributed by atoms with Crippen LogP contribution >= 0.6 is 24.0 Å². The Morgan fingerprint density at radius 2 is 1.80 bits per heavy atom. The van der Waals surface area contributed by atoms with Gasteiger partial charge in [0.1, 0.15) is 0 Å². The van der Waals surface area contributed by atoms with E-state index in [1.54, 1.807) is 24.3 Å². The largest absolute Gasteiger partial charge is 0.319 e. The van der Waals surface area contributed by atoms with Crippen LogP contribution in [0.1, 0.15) is 29.6 Å². The minimum Gasteiger partial charge on any atom is -0.319 e. The number of carbonyl (C=O) groups excluding carboxylic acids is 1. The first-order valence-corrected chi connectivity index (χ1v) is 5.09. The zero-order valence-electron chi connectivity index (χ0n) is 8.20. The third kappa shape index (κ3) is 2.33. The highest BCUT2D eigenvalue weighted by atomic mass is 35.5. The Bertz CT molecular complexity index is 357. The molecule has 2 rings (SSSR count). The van der Waals surface area contributed by atoms with Crippen molar-refractivity contribution in [2.45, 2.75) is 24.8 Å². The molecule has 1 aromatic rings. The third-order valence-electron chi connectivity index (χ3n) is 2.80. The van der Waals surface area contributed by atoms with Gasteiger partial charge in [-0.2, -0.15) is 0 Å². The summed E-state index contributed by atoms with van der Waals surface area (Å²) in [6.45, 7) is 0. The van der Waals surface area contributed by atoms with Crippen LogP contribution in [0.15, 0.2) is 24.3 Å². The molecule has 0 spiro atoms. The zero-order valence-corrected chi connectivity index (χ0v) is 9.77. The number of hydrogen-bond donors (Lipinski definition) is 1. The fraction of sp³-hybridized carbons (Fsp3) is 0.364. The summed E-state index contributed by atoms with van der Waals surface area (Å²) in [7, 11) is 0. The molecular formula is C11H13Cl2NO. The van der Waals surface area contributed by atoms with E-state index in [0.29, 0.717) is 10.6 Å². The number of carbonyl (C=O) groups is 1. The Morgan fingerprint density at radius 3 is 2.20 bits per heavy atom. The summed E-state index contributed by atoms with van der Waals surface area (Å²) in [6, 6.07) is 6.91. The Hall–Kier alpha value is -0.570. The summed E-state index contributed by atoms with van der Waals surface area (Å²) >= 11 is 5.74. The van der Waals surface area contributed by atoms with Crippen molar-refractivity contribution in [2.75, 3.05) is 0 Å². The van der Waals surface area contributed by atoms with Gasteiger partial charge < -0.3 is 5.73 Å². The van der Waals surface area contributed by atoms with Crippen molar-refractivity contribution < 1.29 is 4.79 Å². The van der Waals surface area contributed by atoms with Gasteiger partial charge in [0.15, 0.2) is 5.78 Å². The number of hydrogen-bond acceptors (Lipinski definition) is 2. The second-order valence-electron chi connectivity index (χ2n) is 3.85. The molecule has 0 bridgehead atoms. The van der Waals surface area contributed by atoms with Crippen molar-refractivity contribution in [3.8, 4) is 0 Å². The van der Waals surface area contributed by atoms with E-state index in [1.165, 1.54) is 0 Å². The Balaban J connectivity index is 0.00000112. The molecule has 2 nitrogen and oxygen atoms in total. The molecule has 1 aliphatic rings. The summed E-state index contributed by atoms with van der Waals surface area (Å²) < 4.78 is 0. The highest BCUT2D eigenvalue weighted by Gasteiger charge is 2.40. The molecule has 82 valence electrons. The van der Waals surface area contributed by atoms with Crippen molar-refractivity contribution in [3.63, 3.8) is 0 Å². The van der Waals surface area contributed by atoms with Gasteiger partial charge in [-0.15, -0.1) is 12.4 Å². The predicted octanol–water partition coefficient (Wildman–Crippen LogP) is 2.83. The maximum absolute atomic E-state index is 11.9.